The first-order valence-corrected chi connectivity index (χ1v) is 14.2. The van der Waals surface area contributed by atoms with E-state index in [0.717, 1.165) is 37.5 Å². The summed E-state index contributed by atoms with van der Waals surface area (Å²) in [7, 11) is 0. The quantitative estimate of drug-likeness (QED) is 0.425. The second-order valence-electron chi connectivity index (χ2n) is 14.9. The first-order chi connectivity index (χ1) is 15.3. The highest BCUT2D eigenvalue weighted by molar-refractivity contribution is 5.76. The largest absolute Gasteiger partial charge is 0.481 e. The van der Waals surface area contributed by atoms with Crippen LogP contribution < -0.4 is 0 Å². The standard InChI is InChI=1S/C31H50O2/c1-19(2)21-12-16-31(26(32)33)18-17-29(7)22(25(21)31)9-10-24-28(6)14-11-20(3)27(4,5)23(28)13-15-30(24,29)8/h19,21-25H,3,9-18H2,1-2,4-8H3,(H,32,33). The summed E-state index contributed by atoms with van der Waals surface area (Å²) in [6, 6.07) is 0. The summed E-state index contributed by atoms with van der Waals surface area (Å²) in [5.41, 5.74) is 2.25. The lowest BCUT2D eigenvalue weighted by Gasteiger charge is -2.72. The maximum absolute atomic E-state index is 12.8. The third kappa shape index (κ3) is 2.76. The van der Waals surface area contributed by atoms with E-state index < -0.39 is 11.4 Å². The van der Waals surface area contributed by atoms with Crippen molar-refractivity contribution in [2.75, 3.05) is 0 Å². The van der Waals surface area contributed by atoms with Crippen LogP contribution >= 0.6 is 0 Å². The number of carboxylic acids is 1. The predicted molar refractivity (Wildman–Crippen MR) is 136 cm³/mol. The molecular weight excluding hydrogens is 404 g/mol. The molecule has 0 aromatic carbocycles. The zero-order chi connectivity index (χ0) is 24.2. The fourth-order valence-corrected chi connectivity index (χ4v) is 11.7. The summed E-state index contributed by atoms with van der Waals surface area (Å²) in [6.45, 7) is 22.1. The molecule has 0 spiro atoms. The number of allylic oxidation sites excluding steroid dienone is 1. The normalized spacial score (nSPS) is 53.1. The summed E-state index contributed by atoms with van der Waals surface area (Å²) in [5.74, 6) is 3.13. The molecule has 0 aromatic rings. The van der Waals surface area contributed by atoms with Gasteiger partial charge >= 0.3 is 5.97 Å². The monoisotopic (exact) mass is 454 g/mol. The van der Waals surface area contributed by atoms with Crippen molar-refractivity contribution in [3.63, 3.8) is 0 Å². The molecule has 0 aromatic heterocycles. The molecule has 5 saturated carbocycles. The summed E-state index contributed by atoms with van der Waals surface area (Å²) >= 11 is 0. The van der Waals surface area contributed by atoms with Gasteiger partial charge in [0.05, 0.1) is 5.41 Å². The Labute approximate surface area is 203 Å². The summed E-state index contributed by atoms with van der Waals surface area (Å²) in [4.78, 5) is 12.8. The minimum absolute atomic E-state index is 0.241. The van der Waals surface area contributed by atoms with Gasteiger partial charge in [0.25, 0.3) is 0 Å². The molecule has 0 amide bonds. The molecule has 5 aliphatic rings. The van der Waals surface area contributed by atoms with Gasteiger partial charge in [0.1, 0.15) is 0 Å². The Morgan fingerprint density at radius 1 is 0.879 bits per heavy atom. The zero-order valence-corrected chi connectivity index (χ0v) is 22.6. The molecule has 0 radical (unpaired) electrons. The maximum atomic E-state index is 12.8. The lowest BCUT2D eigenvalue weighted by atomic mass is 9.32. The maximum Gasteiger partial charge on any atom is 0.309 e. The number of fused-ring (bicyclic) bond motifs is 7. The van der Waals surface area contributed by atoms with Crippen LogP contribution in [0.5, 0.6) is 0 Å². The van der Waals surface area contributed by atoms with Crippen LogP contribution in [0.15, 0.2) is 12.2 Å². The first-order valence-electron chi connectivity index (χ1n) is 14.2. The van der Waals surface area contributed by atoms with Crippen molar-refractivity contribution in [1.29, 1.82) is 0 Å². The molecule has 9 unspecified atom stereocenters. The molecule has 186 valence electrons. The Bertz CT molecular complexity index is 855. The van der Waals surface area contributed by atoms with E-state index in [4.69, 9.17) is 0 Å². The number of aliphatic carboxylic acids is 1. The molecule has 33 heavy (non-hydrogen) atoms. The highest BCUT2D eigenvalue weighted by Crippen LogP contribution is 2.77. The minimum atomic E-state index is -0.479. The Hall–Kier alpha value is -0.790. The highest BCUT2D eigenvalue weighted by Gasteiger charge is 2.71. The van der Waals surface area contributed by atoms with E-state index >= 15 is 0 Å². The van der Waals surface area contributed by atoms with Gasteiger partial charge in [-0.1, -0.05) is 60.6 Å². The van der Waals surface area contributed by atoms with E-state index in [-0.39, 0.29) is 10.8 Å². The van der Waals surface area contributed by atoms with E-state index in [1.807, 2.05) is 0 Å². The molecular formula is C31H50O2. The van der Waals surface area contributed by atoms with Crippen LogP contribution in [0.25, 0.3) is 0 Å². The van der Waals surface area contributed by atoms with Gasteiger partial charge in [-0.2, -0.15) is 0 Å². The second-order valence-corrected chi connectivity index (χ2v) is 14.9. The number of rotatable bonds is 2. The van der Waals surface area contributed by atoms with Crippen molar-refractivity contribution in [2.24, 2.45) is 62.6 Å². The topological polar surface area (TPSA) is 37.3 Å². The summed E-state index contributed by atoms with van der Waals surface area (Å²) < 4.78 is 0. The van der Waals surface area contributed by atoms with Crippen molar-refractivity contribution in [3.05, 3.63) is 12.2 Å². The molecule has 0 saturated heterocycles. The highest BCUT2D eigenvalue weighted by atomic mass is 16.4. The van der Waals surface area contributed by atoms with Crippen molar-refractivity contribution in [2.45, 2.75) is 113 Å². The van der Waals surface area contributed by atoms with Crippen LogP contribution in [0.1, 0.15) is 113 Å². The van der Waals surface area contributed by atoms with Crippen molar-refractivity contribution < 1.29 is 9.90 Å². The Morgan fingerprint density at radius 3 is 2.21 bits per heavy atom. The van der Waals surface area contributed by atoms with Crippen LogP contribution in [-0.4, -0.2) is 11.1 Å². The van der Waals surface area contributed by atoms with Gasteiger partial charge in [-0.15, -0.1) is 0 Å². The first kappa shape index (κ1) is 23.9. The predicted octanol–water partition coefficient (Wildman–Crippen LogP) is 8.36. The van der Waals surface area contributed by atoms with E-state index in [1.165, 1.54) is 44.1 Å². The number of hydrogen-bond acceptors (Lipinski definition) is 1. The van der Waals surface area contributed by atoms with Crippen molar-refractivity contribution in [3.8, 4) is 0 Å². The molecule has 0 bridgehead atoms. The number of carbonyl (C=O) groups is 1. The summed E-state index contributed by atoms with van der Waals surface area (Å²) in [6.07, 6.45) is 11.8. The van der Waals surface area contributed by atoms with Gasteiger partial charge in [0.15, 0.2) is 0 Å². The van der Waals surface area contributed by atoms with Gasteiger partial charge in [-0.05, 0) is 121 Å². The van der Waals surface area contributed by atoms with Crippen molar-refractivity contribution >= 4 is 5.97 Å². The van der Waals surface area contributed by atoms with E-state index in [1.54, 1.807) is 0 Å². The Morgan fingerprint density at radius 2 is 1.58 bits per heavy atom. The Kier molecular flexibility index (Phi) is 5.17. The summed E-state index contributed by atoms with van der Waals surface area (Å²) in [5, 5.41) is 10.5. The van der Waals surface area contributed by atoms with Gasteiger partial charge in [-0.3, -0.25) is 4.79 Å². The van der Waals surface area contributed by atoms with E-state index in [9.17, 15) is 9.90 Å². The third-order valence-corrected chi connectivity index (χ3v) is 13.8. The average Bonchev–Trinajstić information content (AvgIpc) is 3.13. The average molecular weight is 455 g/mol. The van der Waals surface area contributed by atoms with Gasteiger partial charge < -0.3 is 5.11 Å². The number of hydrogen-bond donors (Lipinski definition) is 1. The molecule has 2 heteroatoms. The van der Waals surface area contributed by atoms with Crippen LogP contribution in [0.4, 0.5) is 0 Å². The molecule has 5 rings (SSSR count). The fourth-order valence-electron chi connectivity index (χ4n) is 11.7. The molecule has 1 N–H and O–H groups in total. The van der Waals surface area contributed by atoms with Crippen molar-refractivity contribution in [1.82, 2.24) is 0 Å². The van der Waals surface area contributed by atoms with E-state index in [0.29, 0.717) is 34.5 Å². The number of carboxylic acid groups (broad SMARTS) is 1. The third-order valence-electron chi connectivity index (χ3n) is 13.8. The fraction of sp³-hybridized carbons (Fsp3) is 0.903. The van der Waals surface area contributed by atoms with Gasteiger partial charge in [0, 0.05) is 0 Å². The Balaban J connectivity index is 1.56. The molecule has 2 nitrogen and oxygen atoms in total. The molecule has 5 fully saturated rings. The SMILES string of the molecule is C=C1CCC2(C)C(CCC3(C)C2CCC2C4C(C(C)C)CCC4(C(=O)O)CCC23C)C1(C)C. The molecule has 0 heterocycles. The van der Waals surface area contributed by atoms with Crippen LogP contribution in [0, 0.1) is 62.6 Å². The zero-order valence-electron chi connectivity index (χ0n) is 22.6. The lowest BCUT2D eigenvalue weighted by molar-refractivity contribution is -0.235. The smallest absolute Gasteiger partial charge is 0.309 e. The molecule has 9 atom stereocenters. The van der Waals surface area contributed by atoms with Crippen LogP contribution in [0.3, 0.4) is 0 Å². The minimum Gasteiger partial charge on any atom is -0.481 e. The van der Waals surface area contributed by atoms with E-state index in [2.05, 4.69) is 55.0 Å². The lowest BCUT2D eigenvalue weighted by Crippen LogP contribution is -2.66. The molecule has 5 aliphatic carbocycles. The van der Waals surface area contributed by atoms with Crippen LogP contribution in [-0.2, 0) is 4.79 Å². The van der Waals surface area contributed by atoms with Crippen LogP contribution in [0.2, 0.25) is 0 Å². The second kappa shape index (κ2) is 7.13. The molecule has 0 aliphatic heterocycles. The van der Waals surface area contributed by atoms with Gasteiger partial charge in [-0.25, -0.2) is 0 Å². The van der Waals surface area contributed by atoms with Gasteiger partial charge in [0.2, 0.25) is 0 Å².